The zero-order valence-corrected chi connectivity index (χ0v) is 16.8. The fourth-order valence-corrected chi connectivity index (χ4v) is 3.35. The quantitative estimate of drug-likeness (QED) is 0.632. The van der Waals surface area contributed by atoms with Gasteiger partial charge in [0, 0.05) is 25.0 Å². The highest BCUT2D eigenvalue weighted by molar-refractivity contribution is 5.96. The summed E-state index contributed by atoms with van der Waals surface area (Å²) < 4.78 is 12.3. The molecular formula is C19H23ClN6O3. The van der Waals surface area contributed by atoms with Crippen LogP contribution in [-0.2, 0) is 16.9 Å². The number of aromatic nitrogens is 4. The van der Waals surface area contributed by atoms with Crippen molar-refractivity contribution in [2.24, 2.45) is 0 Å². The van der Waals surface area contributed by atoms with E-state index in [1.54, 1.807) is 29.9 Å². The third kappa shape index (κ3) is 4.57. The smallest absolute Gasteiger partial charge is 0.252 e. The largest absolute Gasteiger partial charge is 0.485 e. The van der Waals surface area contributed by atoms with Gasteiger partial charge in [-0.3, -0.25) is 9.48 Å². The number of aryl methyl sites for hydroxylation is 1. The molecule has 10 heteroatoms. The number of carbonyl (C=O) groups is 1. The number of anilines is 1. The van der Waals surface area contributed by atoms with Crippen LogP contribution < -0.4 is 15.4 Å². The predicted molar refractivity (Wildman–Crippen MR) is 108 cm³/mol. The average Bonchev–Trinajstić information content (AvgIpc) is 3.40. The van der Waals surface area contributed by atoms with E-state index >= 15 is 0 Å². The fraction of sp³-hybridized carbons (Fsp3) is 0.368. The van der Waals surface area contributed by atoms with Gasteiger partial charge in [-0.1, -0.05) is 5.16 Å². The lowest BCUT2D eigenvalue weighted by Gasteiger charge is -2.36. The third-order valence-corrected chi connectivity index (χ3v) is 4.85. The normalized spacial score (nSPS) is 15.3. The van der Waals surface area contributed by atoms with E-state index in [9.17, 15) is 4.79 Å². The number of hydrogen-bond donors (Lipinski definition) is 2. The van der Waals surface area contributed by atoms with Gasteiger partial charge in [-0.2, -0.15) is 10.1 Å². The zero-order chi connectivity index (χ0) is 19.4. The summed E-state index contributed by atoms with van der Waals surface area (Å²) >= 11 is 0. The SMILES string of the molecule is Cc1nc(COc2ccc(NC(=O)C3(n4cccn4)CCNCC3)cc2)no1.Cl. The van der Waals surface area contributed by atoms with Crippen molar-refractivity contribution < 1.29 is 14.1 Å². The second-order valence-corrected chi connectivity index (χ2v) is 6.73. The van der Waals surface area contributed by atoms with Crippen LogP contribution in [0.1, 0.15) is 24.6 Å². The molecule has 1 saturated heterocycles. The molecule has 3 aromatic rings. The van der Waals surface area contributed by atoms with Crippen LogP contribution >= 0.6 is 12.4 Å². The predicted octanol–water partition coefficient (Wildman–Crippen LogP) is 2.29. The van der Waals surface area contributed by atoms with E-state index in [1.165, 1.54) is 0 Å². The Kier molecular flexibility index (Phi) is 6.50. The molecule has 3 heterocycles. The molecule has 29 heavy (non-hydrogen) atoms. The monoisotopic (exact) mass is 418 g/mol. The summed E-state index contributed by atoms with van der Waals surface area (Å²) in [6.07, 6.45) is 4.92. The number of nitrogens with zero attached hydrogens (tertiary/aromatic N) is 4. The lowest BCUT2D eigenvalue weighted by Crippen LogP contribution is -2.52. The highest BCUT2D eigenvalue weighted by Gasteiger charge is 2.42. The molecule has 0 atom stereocenters. The van der Waals surface area contributed by atoms with Crippen molar-refractivity contribution in [3.05, 3.63) is 54.4 Å². The minimum absolute atomic E-state index is 0. The Morgan fingerprint density at radius 1 is 1.31 bits per heavy atom. The molecule has 0 saturated carbocycles. The van der Waals surface area contributed by atoms with Crippen molar-refractivity contribution in [1.82, 2.24) is 25.2 Å². The summed E-state index contributed by atoms with van der Waals surface area (Å²) in [5.74, 6) is 1.58. The molecule has 154 valence electrons. The van der Waals surface area contributed by atoms with Crippen LogP contribution in [0.25, 0.3) is 0 Å². The number of rotatable bonds is 6. The Balaban J connectivity index is 0.00000240. The molecule has 0 spiro atoms. The van der Waals surface area contributed by atoms with Gasteiger partial charge >= 0.3 is 0 Å². The summed E-state index contributed by atoms with van der Waals surface area (Å²) in [6.45, 7) is 3.50. The molecule has 0 unspecified atom stereocenters. The van der Waals surface area contributed by atoms with Crippen LogP contribution in [0.4, 0.5) is 5.69 Å². The second-order valence-electron chi connectivity index (χ2n) is 6.73. The van der Waals surface area contributed by atoms with Crippen molar-refractivity contribution in [3.8, 4) is 5.75 Å². The molecular weight excluding hydrogens is 396 g/mol. The molecule has 2 aromatic heterocycles. The maximum Gasteiger partial charge on any atom is 0.252 e. The van der Waals surface area contributed by atoms with Gasteiger partial charge in [0.25, 0.3) is 5.91 Å². The molecule has 1 fully saturated rings. The highest BCUT2D eigenvalue weighted by Crippen LogP contribution is 2.29. The first-order chi connectivity index (χ1) is 13.7. The van der Waals surface area contributed by atoms with Crippen LogP contribution in [0.15, 0.2) is 47.2 Å². The molecule has 1 aromatic carbocycles. The first-order valence-corrected chi connectivity index (χ1v) is 9.20. The molecule has 2 N–H and O–H groups in total. The number of halogens is 1. The van der Waals surface area contributed by atoms with Crippen LogP contribution in [-0.4, -0.2) is 38.9 Å². The number of amides is 1. The molecule has 0 bridgehead atoms. The molecule has 4 rings (SSSR count). The van der Waals surface area contributed by atoms with Crippen molar-refractivity contribution in [2.45, 2.75) is 31.9 Å². The molecule has 9 nitrogen and oxygen atoms in total. The highest BCUT2D eigenvalue weighted by atomic mass is 35.5. The first-order valence-electron chi connectivity index (χ1n) is 9.20. The molecule has 0 aliphatic carbocycles. The Morgan fingerprint density at radius 2 is 2.07 bits per heavy atom. The standard InChI is InChI=1S/C19H22N6O3.ClH/c1-14-22-17(24-28-14)13-27-16-5-3-15(4-6-16)23-18(26)19(7-10-20-11-8-19)25-12-2-9-21-25;/h2-6,9,12,20H,7-8,10-11,13H2,1H3,(H,23,26);1H. The van der Waals surface area contributed by atoms with E-state index in [2.05, 4.69) is 25.9 Å². The van der Waals surface area contributed by atoms with E-state index < -0.39 is 5.54 Å². The van der Waals surface area contributed by atoms with Crippen molar-refractivity contribution in [2.75, 3.05) is 18.4 Å². The van der Waals surface area contributed by atoms with Crippen molar-refractivity contribution in [3.63, 3.8) is 0 Å². The Morgan fingerprint density at radius 3 is 2.69 bits per heavy atom. The van der Waals surface area contributed by atoms with E-state index in [1.807, 2.05) is 24.4 Å². The maximum absolute atomic E-state index is 13.1. The number of benzene rings is 1. The summed E-state index contributed by atoms with van der Waals surface area (Å²) in [6, 6.07) is 9.06. The van der Waals surface area contributed by atoms with Crippen LogP contribution in [0.3, 0.4) is 0 Å². The second kappa shape index (κ2) is 9.06. The van der Waals surface area contributed by atoms with Gasteiger partial charge in [-0.15, -0.1) is 12.4 Å². The van der Waals surface area contributed by atoms with Crippen LogP contribution in [0, 0.1) is 6.92 Å². The van der Waals surface area contributed by atoms with Gasteiger partial charge in [0.05, 0.1) is 0 Å². The number of hydrogen-bond acceptors (Lipinski definition) is 7. The topological polar surface area (TPSA) is 107 Å². The molecule has 0 radical (unpaired) electrons. The summed E-state index contributed by atoms with van der Waals surface area (Å²) in [5.41, 5.74) is 0.0262. The third-order valence-electron chi connectivity index (χ3n) is 4.85. The molecule has 1 aliphatic heterocycles. The Hall–Kier alpha value is -2.91. The van der Waals surface area contributed by atoms with Crippen molar-refractivity contribution in [1.29, 1.82) is 0 Å². The van der Waals surface area contributed by atoms with Gasteiger partial charge in [-0.05, 0) is 56.3 Å². The molecule has 1 aliphatic rings. The fourth-order valence-electron chi connectivity index (χ4n) is 3.35. The minimum Gasteiger partial charge on any atom is -0.485 e. The lowest BCUT2D eigenvalue weighted by molar-refractivity contribution is -0.126. The number of nitrogens with one attached hydrogen (secondary N) is 2. The average molecular weight is 419 g/mol. The summed E-state index contributed by atoms with van der Waals surface area (Å²) in [4.78, 5) is 17.2. The summed E-state index contributed by atoms with van der Waals surface area (Å²) in [7, 11) is 0. The van der Waals surface area contributed by atoms with Crippen LogP contribution in [0.2, 0.25) is 0 Å². The lowest BCUT2D eigenvalue weighted by atomic mass is 9.87. The van der Waals surface area contributed by atoms with Gasteiger partial charge in [-0.25, -0.2) is 0 Å². The van der Waals surface area contributed by atoms with E-state index in [0.29, 0.717) is 36.0 Å². The maximum atomic E-state index is 13.1. The zero-order valence-electron chi connectivity index (χ0n) is 16.0. The summed E-state index contributed by atoms with van der Waals surface area (Å²) in [5, 5.41) is 14.4. The molecule has 1 amide bonds. The number of piperidine rings is 1. The van der Waals surface area contributed by atoms with Crippen LogP contribution in [0.5, 0.6) is 5.75 Å². The first kappa shape index (κ1) is 20.8. The van der Waals surface area contributed by atoms with Gasteiger partial charge in [0.2, 0.25) is 11.7 Å². The Bertz CT molecular complexity index is 920. The number of carbonyl (C=O) groups excluding carboxylic acids is 1. The van der Waals surface area contributed by atoms with E-state index in [4.69, 9.17) is 9.26 Å². The van der Waals surface area contributed by atoms with Gasteiger partial charge < -0.3 is 19.9 Å². The van der Waals surface area contributed by atoms with E-state index in [0.717, 1.165) is 13.1 Å². The number of ether oxygens (including phenoxy) is 1. The minimum atomic E-state index is -0.680. The van der Waals surface area contributed by atoms with Gasteiger partial charge in [0.1, 0.15) is 11.3 Å². The van der Waals surface area contributed by atoms with Gasteiger partial charge in [0.15, 0.2) is 6.61 Å². The van der Waals surface area contributed by atoms with E-state index in [-0.39, 0.29) is 24.9 Å². The van der Waals surface area contributed by atoms with Crippen molar-refractivity contribution >= 4 is 24.0 Å². The Labute approximate surface area is 174 Å².